The van der Waals surface area contributed by atoms with Gasteiger partial charge in [-0.3, -0.25) is 0 Å². The highest BCUT2D eigenvalue weighted by molar-refractivity contribution is 9.10. The molecule has 0 aromatic heterocycles. The molecule has 0 spiro atoms. The quantitative estimate of drug-likeness (QED) is 0.670. The van der Waals surface area contributed by atoms with Crippen molar-refractivity contribution < 1.29 is 4.74 Å². The van der Waals surface area contributed by atoms with Crippen molar-refractivity contribution in [1.29, 1.82) is 5.26 Å². The highest BCUT2D eigenvalue weighted by atomic mass is 79.9. The van der Waals surface area contributed by atoms with Gasteiger partial charge in [0.2, 0.25) is 0 Å². The second kappa shape index (κ2) is 9.79. The Hall–Kier alpha value is -1.05. The van der Waals surface area contributed by atoms with Crippen LogP contribution in [0.15, 0.2) is 22.7 Å². The molecule has 1 unspecified atom stereocenters. The first-order chi connectivity index (χ1) is 9.69. The Labute approximate surface area is 130 Å². The van der Waals surface area contributed by atoms with Crippen LogP contribution >= 0.6 is 15.9 Å². The first kappa shape index (κ1) is 17.0. The summed E-state index contributed by atoms with van der Waals surface area (Å²) in [5, 5.41) is 12.0. The molecule has 110 valence electrons. The van der Waals surface area contributed by atoms with Gasteiger partial charge in [0.15, 0.2) is 0 Å². The number of nitrogens with one attached hydrogen (secondary N) is 1. The van der Waals surface area contributed by atoms with Crippen molar-refractivity contribution in [2.24, 2.45) is 0 Å². The third-order valence-corrected chi connectivity index (χ3v) is 3.57. The van der Waals surface area contributed by atoms with Gasteiger partial charge in [0, 0.05) is 22.5 Å². The Kier molecular flexibility index (Phi) is 8.32. The van der Waals surface area contributed by atoms with Gasteiger partial charge < -0.3 is 10.1 Å². The molecule has 0 bridgehead atoms. The fraction of sp³-hybridized carbons (Fsp3) is 0.562. The molecule has 0 fully saturated rings. The first-order valence-corrected chi connectivity index (χ1v) is 8.01. The molecule has 0 aliphatic rings. The molecule has 1 rings (SSSR count). The third kappa shape index (κ3) is 5.94. The maximum atomic E-state index is 8.51. The Bertz CT molecular complexity index is 443. The lowest BCUT2D eigenvalue weighted by molar-refractivity contribution is 0.301. The number of ether oxygens (including phenoxy) is 1. The van der Waals surface area contributed by atoms with Crippen LogP contribution in [-0.2, 0) is 0 Å². The number of hydrogen-bond donors (Lipinski definition) is 1. The molecule has 0 amide bonds. The predicted octanol–water partition coefficient (Wildman–Crippen LogP) is 4.58. The van der Waals surface area contributed by atoms with E-state index in [9.17, 15) is 0 Å². The third-order valence-electron chi connectivity index (χ3n) is 3.08. The van der Waals surface area contributed by atoms with Crippen LogP contribution in [0.5, 0.6) is 5.75 Å². The van der Waals surface area contributed by atoms with Crippen molar-refractivity contribution in [3.8, 4) is 11.8 Å². The zero-order chi connectivity index (χ0) is 14.8. The highest BCUT2D eigenvalue weighted by Gasteiger charge is 2.11. The Balaban J connectivity index is 2.62. The summed E-state index contributed by atoms with van der Waals surface area (Å²) in [7, 11) is 0. The minimum Gasteiger partial charge on any atom is -0.493 e. The van der Waals surface area contributed by atoms with Crippen LogP contribution in [0.3, 0.4) is 0 Å². The lowest BCUT2D eigenvalue weighted by Crippen LogP contribution is -2.20. The van der Waals surface area contributed by atoms with E-state index in [1.54, 1.807) is 0 Å². The number of hydrogen-bond acceptors (Lipinski definition) is 3. The predicted molar refractivity (Wildman–Crippen MR) is 85.8 cm³/mol. The molecule has 0 aliphatic heterocycles. The van der Waals surface area contributed by atoms with Crippen molar-refractivity contribution in [2.45, 2.75) is 45.6 Å². The molecule has 3 nitrogen and oxygen atoms in total. The van der Waals surface area contributed by atoms with E-state index < -0.39 is 0 Å². The number of unbranched alkanes of at least 4 members (excludes halogenated alkanes) is 2. The molecule has 0 saturated carbocycles. The highest BCUT2D eigenvalue weighted by Crippen LogP contribution is 2.28. The minimum absolute atomic E-state index is 0.265. The van der Waals surface area contributed by atoms with E-state index in [4.69, 9.17) is 10.00 Å². The number of benzene rings is 1. The second-order valence-corrected chi connectivity index (χ2v) is 5.74. The first-order valence-electron chi connectivity index (χ1n) is 7.21. The van der Waals surface area contributed by atoms with Gasteiger partial charge in [0.1, 0.15) is 5.75 Å². The van der Waals surface area contributed by atoms with Gasteiger partial charge in [-0.1, -0.05) is 22.9 Å². The lowest BCUT2D eigenvalue weighted by atomic mass is 10.1. The summed E-state index contributed by atoms with van der Waals surface area (Å²) in [5.74, 6) is 0.932. The number of nitriles is 1. The molecule has 0 saturated heterocycles. The Morgan fingerprint density at radius 1 is 1.40 bits per heavy atom. The summed E-state index contributed by atoms with van der Waals surface area (Å²) in [4.78, 5) is 0. The van der Waals surface area contributed by atoms with Gasteiger partial charge in [-0.15, -0.1) is 0 Å². The fourth-order valence-electron chi connectivity index (χ4n) is 1.95. The Morgan fingerprint density at radius 3 is 2.90 bits per heavy atom. The monoisotopic (exact) mass is 338 g/mol. The molecule has 20 heavy (non-hydrogen) atoms. The SMILES string of the molecule is CCCNC(C)c1cc(Br)ccc1OCCCCC#N. The van der Waals surface area contributed by atoms with E-state index in [-0.39, 0.29) is 6.04 Å². The van der Waals surface area contributed by atoms with E-state index in [0.717, 1.165) is 36.0 Å². The standard InChI is InChI=1S/C16H23BrN2O/c1-3-10-19-13(2)15-12-14(17)7-8-16(15)20-11-6-4-5-9-18/h7-8,12-13,19H,3-6,10-11H2,1-2H3. The van der Waals surface area contributed by atoms with Crippen molar-refractivity contribution in [3.05, 3.63) is 28.2 Å². The lowest BCUT2D eigenvalue weighted by Gasteiger charge is -2.18. The molecule has 0 heterocycles. The largest absolute Gasteiger partial charge is 0.493 e. The summed E-state index contributed by atoms with van der Waals surface area (Å²) in [6.07, 6.45) is 3.53. The van der Waals surface area contributed by atoms with Crippen LogP contribution in [0.2, 0.25) is 0 Å². The van der Waals surface area contributed by atoms with Crippen LogP contribution in [0.4, 0.5) is 0 Å². The molecular weight excluding hydrogens is 316 g/mol. The van der Waals surface area contributed by atoms with Gasteiger partial charge in [-0.05, 0) is 50.9 Å². The molecule has 0 radical (unpaired) electrons. The van der Waals surface area contributed by atoms with Gasteiger partial charge in [0.05, 0.1) is 12.7 Å². The summed E-state index contributed by atoms with van der Waals surface area (Å²) >= 11 is 3.52. The number of halogens is 1. The average molecular weight is 339 g/mol. The van der Waals surface area contributed by atoms with Gasteiger partial charge in [0.25, 0.3) is 0 Å². The normalized spacial score (nSPS) is 11.9. The molecular formula is C16H23BrN2O. The number of nitrogens with zero attached hydrogens (tertiary/aromatic N) is 1. The molecule has 0 aliphatic carbocycles. The van der Waals surface area contributed by atoms with Gasteiger partial charge >= 0.3 is 0 Å². The maximum Gasteiger partial charge on any atom is 0.124 e. The van der Waals surface area contributed by atoms with E-state index >= 15 is 0 Å². The van der Waals surface area contributed by atoms with Crippen molar-refractivity contribution in [1.82, 2.24) is 5.32 Å². The summed E-state index contributed by atoms with van der Waals surface area (Å²) < 4.78 is 6.93. The van der Waals surface area contributed by atoms with E-state index in [2.05, 4.69) is 47.2 Å². The summed E-state index contributed by atoms with van der Waals surface area (Å²) in [6, 6.07) is 8.54. The smallest absolute Gasteiger partial charge is 0.124 e. The molecule has 1 aromatic rings. The van der Waals surface area contributed by atoms with Crippen LogP contribution in [0, 0.1) is 11.3 Å². The van der Waals surface area contributed by atoms with Crippen LogP contribution in [-0.4, -0.2) is 13.2 Å². The number of rotatable bonds is 9. The zero-order valence-electron chi connectivity index (χ0n) is 12.3. The Morgan fingerprint density at radius 2 is 2.20 bits per heavy atom. The fourth-order valence-corrected chi connectivity index (χ4v) is 2.33. The van der Waals surface area contributed by atoms with Crippen molar-refractivity contribution in [2.75, 3.05) is 13.2 Å². The van der Waals surface area contributed by atoms with Crippen LogP contribution in [0.25, 0.3) is 0 Å². The molecule has 1 N–H and O–H groups in total. The summed E-state index contributed by atoms with van der Waals surface area (Å²) in [5.41, 5.74) is 1.17. The zero-order valence-corrected chi connectivity index (χ0v) is 13.9. The maximum absolute atomic E-state index is 8.51. The molecule has 1 atom stereocenters. The van der Waals surface area contributed by atoms with E-state index in [1.807, 2.05) is 12.1 Å². The van der Waals surface area contributed by atoms with Gasteiger partial charge in [-0.25, -0.2) is 0 Å². The molecule has 1 aromatic carbocycles. The molecule has 4 heteroatoms. The topological polar surface area (TPSA) is 45.0 Å². The minimum atomic E-state index is 0.265. The van der Waals surface area contributed by atoms with E-state index in [1.165, 1.54) is 5.56 Å². The van der Waals surface area contributed by atoms with Crippen molar-refractivity contribution in [3.63, 3.8) is 0 Å². The van der Waals surface area contributed by atoms with Crippen LogP contribution < -0.4 is 10.1 Å². The van der Waals surface area contributed by atoms with Crippen molar-refractivity contribution >= 4 is 15.9 Å². The van der Waals surface area contributed by atoms with E-state index in [0.29, 0.717) is 13.0 Å². The average Bonchev–Trinajstić information content (AvgIpc) is 2.45. The van der Waals surface area contributed by atoms with Gasteiger partial charge in [-0.2, -0.15) is 5.26 Å². The summed E-state index contributed by atoms with van der Waals surface area (Å²) in [6.45, 7) is 5.97. The van der Waals surface area contributed by atoms with Crippen LogP contribution in [0.1, 0.15) is 51.1 Å². The second-order valence-electron chi connectivity index (χ2n) is 4.82.